The molecule has 2 N–H and O–H groups in total. The first-order valence-corrected chi connectivity index (χ1v) is 10.9. The summed E-state index contributed by atoms with van der Waals surface area (Å²) < 4.78 is 0. The molecule has 0 aromatic rings. The topological polar surface area (TPSA) is 91.7 Å². The van der Waals surface area contributed by atoms with Gasteiger partial charge in [0.1, 0.15) is 5.78 Å². The summed E-state index contributed by atoms with van der Waals surface area (Å²) in [7, 11) is 0. The monoisotopic (exact) mass is 418 g/mol. The number of Topliss-reactive ketones (excluding diaryl/α,β-unsaturated/α-hetero) is 1. The van der Waals surface area contributed by atoms with Gasteiger partial charge in [-0.25, -0.2) is 9.59 Å². The van der Waals surface area contributed by atoms with Gasteiger partial charge in [-0.15, -0.1) is 0 Å². The van der Waals surface area contributed by atoms with Crippen molar-refractivity contribution in [3.8, 4) is 0 Å². The molecular formula is C25H38O5. The number of rotatable bonds is 11. The number of carboxylic acids is 2. The number of allylic oxidation sites excluding steroid dienone is 4. The van der Waals surface area contributed by atoms with Crippen LogP contribution in [0.3, 0.4) is 0 Å². The lowest BCUT2D eigenvalue weighted by molar-refractivity contribution is -0.135. The molecule has 0 aromatic carbocycles. The number of carbonyl (C=O) groups excluding carboxylic acids is 1. The summed E-state index contributed by atoms with van der Waals surface area (Å²) in [4.78, 5) is 33.8. The molecule has 0 aromatic heterocycles. The highest BCUT2D eigenvalue weighted by molar-refractivity contribution is 5.94. The Hall–Kier alpha value is -2.17. The number of ketones is 1. The van der Waals surface area contributed by atoms with Crippen LogP contribution in [0.4, 0.5) is 0 Å². The van der Waals surface area contributed by atoms with Crippen LogP contribution in [0.5, 0.6) is 0 Å². The summed E-state index contributed by atoms with van der Waals surface area (Å²) in [5, 5.41) is 17.7. The van der Waals surface area contributed by atoms with Crippen molar-refractivity contribution >= 4 is 17.7 Å². The van der Waals surface area contributed by atoms with Crippen molar-refractivity contribution in [2.45, 2.75) is 86.0 Å². The Labute approximate surface area is 180 Å². The molecule has 0 radical (unpaired) electrons. The first-order valence-electron chi connectivity index (χ1n) is 10.9. The van der Waals surface area contributed by atoms with Gasteiger partial charge in [-0.2, -0.15) is 0 Å². The van der Waals surface area contributed by atoms with E-state index in [0.29, 0.717) is 24.5 Å². The number of carbonyl (C=O) groups is 3. The van der Waals surface area contributed by atoms with Crippen molar-refractivity contribution in [3.63, 3.8) is 0 Å². The van der Waals surface area contributed by atoms with Crippen LogP contribution in [-0.4, -0.2) is 27.9 Å². The molecule has 0 amide bonds. The highest BCUT2D eigenvalue weighted by Gasteiger charge is 2.40. The van der Waals surface area contributed by atoms with Crippen molar-refractivity contribution in [3.05, 3.63) is 34.9 Å². The molecule has 30 heavy (non-hydrogen) atoms. The van der Waals surface area contributed by atoms with E-state index >= 15 is 0 Å². The summed E-state index contributed by atoms with van der Waals surface area (Å²) in [6.45, 7) is 10.8. The van der Waals surface area contributed by atoms with Crippen LogP contribution in [0.2, 0.25) is 0 Å². The molecule has 2 unspecified atom stereocenters. The van der Waals surface area contributed by atoms with Crippen LogP contribution in [-0.2, 0) is 14.4 Å². The van der Waals surface area contributed by atoms with E-state index in [1.54, 1.807) is 0 Å². The molecule has 168 valence electrons. The van der Waals surface area contributed by atoms with Gasteiger partial charge in [0.2, 0.25) is 0 Å². The molecule has 0 saturated heterocycles. The normalized spacial score (nSPS) is 22.8. The molecule has 0 heterocycles. The minimum Gasteiger partial charge on any atom is -0.478 e. The van der Waals surface area contributed by atoms with E-state index in [1.165, 1.54) is 11.1 Å². The van der Waals surface area contributed by atoms with Crippen LogP contribution in [0, 0.1) is 17.3 Å². The average molecular weight is 419 g/mol. The number of carboxylic acid groups (broad SMARTS) is 2. The number of hydrogen-bond donors (Lipinski definition) is 2. The molecule has 1 saturated carbocycles. The zero-order valence-corrected chi connectivity index (χ0v) is 19.2. The van der Waals surface area contributed by atoms with Gasteiger partial charge in [0.25, 0.3) is 0 Å². The Morgan fingerprint density at radius 3 is 2.17 bits per heavy atom. The third kappa shape index (κ3) is 8.68. The summed E-state index contributed by atoms with van der Waals surface area (Å²) >= 11 is 0. The molecule has 1 aliphatic rings. The number of hydrogen-bond acceptors (Lipinski definition) is 3. The summed E-state index contributed by atoms with van der Waals surface area (Å²) in [6.07, 6.45) is 11.3. The second-order valence-corrected chi connectivity index (χ2v) is 9.38. The van der Waals surface area contributed by atoms with Crippen LogP contribution in [0.25, 0.3) is 0 Å². The van der Waals surface area contributed by atoms with Crippen molar-refractivity contribution in [1.82, 2.24) is 0 Å². The predicted octanol–water partition coefficient (Wildman–Crippen LogP) is 5.96. The van der Waals surface area contributed by atoms with Crippen LogP contribution >= 0.6 is 0 Å². The largest absolute Gasteiger partial charge is 0.478 e. The Morgan fingerprint density at radius 1 is 1.03 bits per heavy atom. The first-order chi connectivity index (χ1) is 13.9. The Balaban J connectivity index is 2.47. The molecule has 5 heteroatoms. The Morgan fingerprint density at radius 2 is 1.60 bits per heavy atom. The molecule has 1 fully saturated rings. The van der Waals surface area contributed by atoms with Gasteiger partial charge >= 0.3 is 11.9 Å². The third-order valence-corrected chi connectivity index (χ3v) is 6.49. The van der Waals surface area contributed by atoms with Gasteiger partial charge in [-0.1, -0.05) is 44.1 Å². The predicted molar refractivity (Wildman–Crippen MR) is 119 cm³/mol. The molecular weight excluding hydrogens is 380 g/mol. The maximum Gasteiger partial charge on any atom is 0.331 e. The standard InChI is InChI=1S/C25H38O5/c1-17(10-7-11-20(24(29)30)16-23(27)28)8-6-9-18(2)12-13-21-19(3)22(26)14-15-25(21,4)5/h9-10,16,19,21H,6-8,11-15H2,1-5H3,(H,27,28)(H,29,30)/b17-10+,18-9+,20-16-. The fourth-order valence-electron chi connectivity index (χ4n) is 4.40. The second kappa shape index (κ2) is 11.9. The van der Waals surface area contributed by atoms with Gasteiger partial charge in [-0.05, 0) is 70.1 Å². The van der Waals surface area contributed by atoms with E-state index in [1.807, 2.05) is 13.0 Å². The van der Waals surface area contributed by atoms with E-state index in [9.17, 15) is 14.4 Å². The lowest BCUT2D eigenvalue weighted by Gasteiger charge is -2.42. The second-order valence-electron chi connectivity index (χ2n) is 9.38. The fourth-order valence-corrected chi connectivity index (χ4v) is 4.40. The van der Waals surface area contributed by atoms with Gasteiger partial charge in [0.05, 0.1) is 0 Å². The maximum absolute atomic E-state index is 12.1. The summed E-state index contributed by atoms with van der Waals surface area (Å²) in [6, 6.07) is 0. The SMILES string of the molecule is C/C(=C\CC/C(=C/C(=O)O)C(=O)O)CC/C=C(\C)CCC1C(C)C(=O)CCC1(C)C. The average Bonchev–Trinajstić information content (AvgIpc) is 2.63. The van der Waals surface area contributed by atoms with E-state index in [4.69, 9.17) is 10.2 Å². The quantitative estimate of drug-likeness (QED) is 0.319. The molecule has 1 aliphatic carbocycles. The third-order valence-electron chi connectivity index (χ3n) is 6.49. The Bertz CT molecular complexity index is 724. The van der Waals surface area contributed by atoms with E-state index in [2.05, 4.69) is 33.8 Å². The van der Waals surface area contributed by atoms with Gasteiger partial charge in [0, 0.05) is 24.0 Å². The van der Waals surface area contributed by atoms with Crippen molar-refractivity contribution in [1.29, 1.82) is 0 Å². The van der Waals surface area contributed by atoms with Gasteiger partial charge < -0.3 is 10.2 Å². The Kier molecular flexibility index (Phi) is 10.2. The highest BCUT2D eigenvalue weighted by Crippen LogP contribution is 2.45. The van der Waals surface area contributed by atoms with Crippen molar-refractivity contribution in [2.24, 2.45) is 17.3 Å². The number of aliphatic carboxylic acids is 2. The van der Waals surface area contributed by atoms with Crippen LogP contribution < -0.4 is 0 Å². The summed E-state index contributed by atoms with van der Waals surface area (Å²) in [5.41, 5.74) is 2.66. The molecule has 0 spiro atoms. The van der Waals surface area contributed by atoms with Crippen molar-refractivity contribution in [2.75, 3.05) is 0 Å². The minimum atomic E-state index is -1.23. The molecule has 5 nitrogen and oxygen atoms in total. The molecule has 0 bridgehead atoms. The van der Waals surface area contributed by atoms with Crippen LogP contribution in [0.1, 0.15) is 86.0 Å². The van der Waals surface area contributed by atoms with E-state index in [0.717, 1.165) is 38.2 Å². The smallest absolute Gasteiger partial charge is 0.331 e. The maximum atomic E-state index is 12.1. The van der Waals surface area contributed by atoms with E-state index < -0.39 is 11.9 Å². The molecule has 2 atom stereocenters. The molecule has 0 aliphatic heterocycles. The minimum absolute atomic E-state index is 0.0827. The van der Waals surface area contributed by atoms with E-state index in [-0.39, 0.29) is 23.3 Å². The first kappa shape index (κ1) is 25.9. The van der Waals surface area contributed by atoms with Gasteiger partial charge in [-0.3, -0.25) is 4.79 Å². The van der Waals surface area contributed by atoms with Crippen molar-refractivity contribution < 1.29 is 24.6 Å². The highest BCUT2D eigenvalue weighted by atomic mass is 16.4. The van der Waals surface area contributed by atoms with Crippen LogP contribution in [0.15, 0.2) is 34.9 Å². The fraction of sp³-hybridized carbons (Fsp3) is 0.640. The molecule has 1 rings (SSSR count). The zero-order chi connectivity index (χ0) is 22.9. The summed E-state index contributed by atoms with van der Waals surface area (Å²) in [5.74, 6) is -1.42. The lowest BCUT2D eigenvalue weighted by atomic mass is 9.62. The lowest BCUT2D eigenvalue weighted by Crippen LogP contribution is -2.38. The zero-order valence-electron chi connectivity index (χ0n) is 19.2. The van der Waals surface area contributed by atoms with Gasteiger partial charge in [0.15, 0.2) is 0 Å².